The second-order valence-corrected chi connectivity index (χ2v) is 6.42. The molecule has 0 atom stereocenters. The third-order valence-electron chi connectivity index (χ3n) is 4.29. The van der Waals surface area contributed by atoms with Gasteiger partial charge in [0.05, 0.1) is 25.6 Å². The van der Waals surface area contributed by atoms with E-state index in [1.54, 1.807) is 28.1 Å². The van der Waals surface area contributed by atoms with Gasteiger partial charge in [-0.15, -0.1) is 0 Å². The topological polar surface area (TPSA) is 101 Å². The van der Waals surface area contributed by atoms with Crippen LogP contribution in [0.15, 0.2) is 58.7 Å². The molecule has 0 aliphatic heterocycles. The molecule has 0 radical (unpaired) electrons. The molecule has 2 aromatic carbocycles. The van der Waals surface area contributed by atoms with Crippen LogP contribution < -0.4 is 20.3 Å². The number of hydrogen-bond donors (Lipinski definition) is 2. The summed E-state index contributed by atoms with van der Waals surface area (Å²) < 4.78 is 10.2. The summed E-state index contributed by atoms with van der Waals surface area (Å²) in [7, 11) is 3.19. The fourth-order valence-corrected chi connectivity index (χ4v) is 2.42. The summed E-state index contributed by atoms with van der Waals surface area (Å²) in [5, 5.41) is 8.13. The molecule has 0 aliphatic carbocycles. The van der Waals surface area contributed by atoms with Crippen molar-refractivity contribution in [2.75, 3.05) is 14.2 Å². The zero-order valence-electron chi connectivity index (χ0n) is 17.6. The Kier molecular flexibility index (Phi) is 8.56. The average Bonchev–Trinajstić information content (AvgIpc) is 2.79. The SMILES string of the molecule is COc1ccc(C(C)=NNC(=O)CCC(=O)NN=C(C)c2ccc(OC)cc2)cc1. The molecule has 2 aromatic rings. The van der Waals surface area contributed by atoms with E-state index in [4.69, 9.17) is 9.47 Å². The molecular formula is C22H26N4O4. The van der Waals surface area contributed by atoms with E-state index < -0.39 is 0 Å². The van der Waals surface area contributed by atoms with Gasteiger partial charge in [-0.1, -0.05) is 0 Å². The summed E-state index contributed by atoms with van der Waals surface area (Å²) >= 11 is 0. The molecule has 0 saturated heterocycles. The first-order valence-electron chi connectivity index (χ1n) is 9.38. The highest BCUT2D eigenvalue weighted by Gasteiger charge is 2.07. The van der Waals surface area contributed by atoms with Crippen molar-refractivity contribution in [3.05, 3.63) is 59.7 Å². The predicted octanol–water partition coefficient (Wildman–Crippen LogP) is 2.86. The van der Waals surface area contributed by atoms with Gasteiger partial charge in [-0.2, -0.15) is 10.2 Å². The van der Waals surface area contributed by atoms with Gasteiger partial charge in [0.2, 0.25) is 11.8 Å². The monoisotopic (exact) mass is 410 g/mol. The number of hydrazone groups is 2. The van der Waals surface area contributed by atoms with E-state index in [0.29, 0.717) is 11.4 Å². The molecule has 2 N–H and O–H groups in total. The summed E-state index contributed by atoms with van der Waals surface area (Å²) in [6.07, 6.45) is 0.00462. The van der Waals surface area contributed by atoms with E-state index in [1.807, 2.05) is 48.5 Å². The highest BCUT2D eigenvalue weighted by Crippen LogP contribution is 2.12. The van der Waals surface area contributed by atoms with Gasteiger partial charge in [0.25, 0.3) is 0 Å². The maximum atomic E-state index is 11.9. The number of benzene rings is 2. The molecular weight excluding hydrogens is 384 g/mol. The Morgan fingerprint density at radius 1 is 0.700 bits per heavy atom. The van der Waals surface area contributed by atoms with Crippen LogP contribution in [-0.4, -0.2) is 37.5 Å². The second kappa shape index (κ2) is 11.4. The molecule has 0 bridgehead atoms. The van der Waals surface area contributed by atoms with E-state index in [-0.39, 0.29) is 24.7 Å². The van der Waals surface area contributed by atoms with Gasteiger partial charge in [-0.05, 0) is 73.5 Å². The first kappa shape index (κ1) is 22.6. The summed E-state index contributed by atoms with van der Waals surface area (Å²) in [6, 6.07) is 14.6. The third-order valence-corrected chi connectivity index (χ3v) is 4.29. The van der Waals surface area contributed by atoms with Crippen molar-refractivity contribution in [2.24, 2.45) is 10.2 Å². The number of hydrogen-bond acceptors (Lipinski definition) is 6. The molecule has 2 rings (SSSR count). The molecule has 0 unspecified atom stereocenters. The van der Waals surface area contributed by atoms with Crippen molar-refractivity contribution < 1.29 is 19.1 Å². The minimum absolute atomic E-state index is 0.00231. The Labute approximate surface area is 176 Å². The van der Waals surface area contributed by atoms with Gasteiger partial charge in [0.1, 0.15) is 11.5 Å². The number of amides is 2. The van der Waals surface area contributed by atoms with Crippen LogP contribution in [-0.2, 0) is 9.59 Å². The maximum absolute atomic E-state index is 11.9. The smallest absolute Gasteiger partial charge is 0.240 e. The fraction of sp³-hybridized carbons (Fsp3) is 0.273. The number of nitrogens with one attached hydrogen (secondary N) is 2. The van der Waals surface area contributed by atoms with Crippen molar-refractivity contribution in [3.8, 4) is 11.5 Å². The normalized spacial score (nSPS) is 11.6. The van der Waals surface area contributed by atoms with E-state index in [9.17, 15) is 9.59 Å². The Morgan fingerprint density at radius 3 is 1.33 bits per heavy atom. The Hall–Kier alpha value is -3.68. The highest BCUT2D eigenvalue weighted by molar-refractivity contribution is 6.00. The fourth-order valence-electron chi connectivity index (χ4n) is 2.42. The Bertz CT molecular complexity index is 842. The molecule has 8 nitrogen and oxygen atoms in total. The van der Waals surface area contributed by atoms with Crippen molar-refractivity contribution in [1.29, 1.82) is 0 Å². The zero-order valence-corrected chi connectivity index (χ0v) is 17.6. The predicted molar refractivity (Wildman–Crippen MR) is 116 cm³/mol. The molecule has 0 saturated carbocycles. The molecule has 158 valence electrons. The molecule has 2 amide bonds. The number of ether oxygens (including phenoxy) is 2. The summed E-state index contributed by atoms with van der Waals surface area (Å²) in [4.78, 5) is 23.9. The molecule has 0 aromatic heterocycles. The third kappa shape index (κ3) is 7.05. The number of nitrogens with zero attached hydrogens (tertiary/aromatic N) is 2. The minimum Gasteiger partial charge on any atom is -0.497 e. The standard InChI is InChI=1S/C22H26N4O4/c1-15(17-5-9-19(29-3)10-6-17)23-25-21(27)13-14-22(28)26-24-16(2)18-7-11-20(30-4)12-8-18/h5-12H,13-14H2,1-4H3,(H,25,27)(H,26,28). The molecule has 0 aliphatic rings. The van der Waals surface area contributed by atoms with E-state index in [2.05, 4.69) is 21.1 Å². The van der Waals surface area contributed by atoms with E-state index >= 15 is 0 Å². The summed E-state index contributed by atoms with van der Waals surface area (Å²) in [6.45, 7) is 3.57. The minimum atomic E-state index is -0.353. The lowest BCUT2D eigenvalue weighted by Crippen LogP contribution is -2.24. The summed E-state index contributed by atoms with van der Waals surface area (Å²) in [5.41, 5.74) is 7.93. The van der Waals surface area contributed by atoms with Crippen molar-refractivity contribution in [3.63, 3.8) is 0 Å². The molecule has 0 heterocycles. The average molecular weight is 410 g/mol. The van der Waals surface area contributed by atoms with Gasteiger partial charge in [-0.3, -0.25) is 9.59 Å². The van der Waals surface area contributed by atoms with E-state index in [1.165, 1.54) is 0 Å². The van der Waals surface area contributed by atoms with Gasteiger partial charge in [0, 0.05) is 12.8 Å². The van der Waals surface area contributed by atoms with Crippen LogP contribution in [0, 0.1) is 0 Å². The number of rotatable bonds is 9. The van der Waals surface area contributed by atoms with Crippen molar-refractivity contribution in [2.45, 2.75) is 26.7 Å². The summed E-state index contributed by atoms with van der Waals surface area (Å²) in [5.74, 6) is 0.778. The molecule has 0 spiro atoms. The Balaban J connectivity index is 1.78. The van der Waals surface area contributed by atoms with Crippen LogP contribution in [0.25, 0.3) is 0 Å². The molecule has 0 fully saturated rings. The van der Waals surface area contributed by atoms with Crippen LogP contribution in [0.5, 0.6) is 11.5 Å². The van der Waals surface area contributed by atoms with Gasteiger partial charge in [-0.25, -0.2) is 10.9 Å². The second-order valence-electron chi connectivity index (χ2n) is 6.42. The molecule has 30 heavy (non-hydrogen) atoms. The number of carbonyl (C=O) groups is 2. The first-order valence-corrected chi connectivity index (χ1v) is 9.38. The molecule has 8 heteroatoms. The number of carbonyl (C=O) groups excluding carboxylic acids is 2. The van der Waals surface area contributed by atoms with Crippen LogP contribution in [0.1, 0.15) is 37.8 Å². The van der Waals surface area contributed by atoms with Crippen LogP contribution >= 0.6 is 0 Å². The first-order chi connectivity index (χ1) is 14.4. The van der Waals surface area contributed by atoms with Crippen LogP contribution in [0.4, 0.5) is 0 Å². The number of methoxy groups -OCH3 is 2. The lowest BCUT2D eigenvalue weighted by atomic mass is 10.1. The quantitative estimate of drug-likeness (QED) is 0.490. The lowest BCUT2D eigenvalue weighted by Gasteiger charge is -2.05. The lowest BCUT2D eigenvalue weighted by molar-refractivity contribution is -0.126. The van der Waals surface area contributed by atoms with Gasteiger partial charge in [0.15, 0.2) is 0 Å². The highest BCUT2D eigenvalue weighted by atomic mass is 16.5. The van der Waals surface area contributed by atoms with Gasteiger partial charge < -0.3 is 9.47 Å². The Morgan fingerprint density at radius 2 is 1.03 bits per heavy atom. The zero-order chi connectivity index (χ0) is 21.9. The maximum Gasteiger partial charge on any atom is 0.240 e. The van der Waals surface area contributed by atoms with Crippen LogP contribution in [0.3, 0.4) is 0 Å². The largest absolute Gasteiger partial charge is 0.497 e. The van der Waals surface area contributed by atoms with E-state index in [0.717, 1.165) is 22.6 Å². The van der Waals surface area contributed by atoms with Crippen molar-refractivity contribution in [1.82, 2.24) is 10.9 Å². The van der Waals surface area contributed by atoms with Crippen LogP contribution in [0.2, 0.25) is 0 Å². The van der Waals surface area contributed by atoms with Crippen molar-refractivity contribution >= 4 is 23.2 Å². The van der Waals surface area contributed by atoms with Gasteiger partial charge >= 0.3 is 0 Å².